The highest BCUT2D eigenvalue weighted by molar-refractivity contribution is 6.30. The molecule has 2 N–H and O–H groups in total. The molecule has 0 radical (unpaired) electrons. The second kappa shape index (κ2) is 6.43. The Labute approximate surface area is 104 Å². The van der Waals surface area contributed by atoms with Gasteiger partial charge in [-0.25, -0.2) is 5.84 Å². The molecule has 0 fully saturated rings. The van der Waals surface area contributed by atoms with Gasteiger partial charge in [-0.05, 0) is 24.1 Å². The number of anilines is 1. The van der Waals surface area contributed by atoms with Gasteiger partial charge >= 0.3 is 0 Å². The molecule has 0 unspecified atom stereocenters. The minimum absolute atomic E-state index is 0.491. The molecule has 0 aliphatic carbocycles. The maximum absolute atomic E-state index is 10.2. The fraction of sp³-hybridized carbons (Fsp3) is 0. The molecule has 86 valence electrons. The Balaban J connectivity index is 3.17. The highest BCUT2D eigenvalue weighted by Crippen LogP contribution is 2.21. The number of hydrogen-bond acceptors (Lipinski definition) is 4. The number of hydrazine groups is 1. The van der Waals surface area contributed by atoms with Crippen LogP contribution in [0.4, 0.5) is 5.69 Å². The molecule has 17 heavy (non-hydrogen) atoms. The lowest BCUT2D eigenvalue weighted by atomic mass is 10.2. The molecule has 1 aromatic carbocycles. The van der Waals surface area contributed by atoms with Gasteiger partial charge in [-0.15, -0.1) is 5.10 Å². The van der Waals surface area contributed by atoms with Crippen LogP contribution in [0.3, 0.4) is 0 Å². The van der Waals surface area contributed by atoms with Gasteiger partial charge in [0, 0.05) is 11.7 Å². The standard InChI is InChI=1S/C11H9ClN4O/c1-14-15-8-16(13)11-5-4-10(12)7-9(11)3-2-6-17/h4-8H,1,13H2/b15-8-. The largest absolute Gasteiger partial charge is 0.289 e. The van der Waals surface area contributed by atoms with Gasteiger partial charge in [0.25, 0.3) is 0 Å². The summed E-state index contributed by atoms with van der Waals surface area (Å²) in [5.41, 5.74) is 1.07. The lowest BCUT2D eigenvalue weighted by Gasteiger charge is -2.14. The summed E-state index contributed by atoms with van der Waals surface area (Å²) in [6.07, 6.45) is 1.76. The van der Waals surface area contributed by atoms with E-state index < -0.39 is 0 Å². The quantitative estimate of drug-likeness (QED) is 0.218. The number of nitrogens with two attached hydrogens (primary N) is 1. The zero-order valence-electron chi connectivity index (χ0n) is 8.80. The van der Waals surface area contributed by atoms with Gasteiger partial charge in [-0.2, -0.15) is 5.10 Å². The van der Waals surface area contributed by atoms with Crippen molar-refractivity contribution in [2.24, 2.45) is 16.0 Å². The summed E-state index contributed by atoms with van der Waals surface area (Å²) in [6, 6.07) is 4.91. The molecule has 5 nitrogen and oxygen atoms in total. The number of halogens is 1. The molecule has 0 aromatic heterocycles. The van der Waals surface area contributed by atoms with Gasteiger partial charge in [-0.1, -0.05) is 17.5 Å². The summed E-state index contributed by atoms with van der Waals surface area (Å²) >= 11 is 5.83. The molecular formula is C11H9ClN4O. The molecule has 6 heteroatoms. The number of carbonyl (C=O) groups excluding carboxylic acids is 1. The van der Waals surface area contributed by atoms with Gasteiger partial charge < -0.3 is 0 Å². The third kappa shape index (κ3) is 3.72. The molecule has 0 bridgehead atoms. The van der Waals surface area contributed by atoms with Crippen LogP contribution in [0.1, 0.15) is 5.56 Å². The Morgan fingerprint density at radius 2 is 2.29 bits per heavy atom. The summed E-state index contributed by atoms with van der Waals surface area (Å²) in [4.78, 5) is 10.2. The Morgan fingerprint density at radius 1 is 1.53 bits per heavy atom. The number of rotatable bonds is 3. The number of nitrogens with zero attached hydrogens (tertiary/aromatic N) is 3. The summed E-state index contributed by atoms with van der Waals surface area (Å²) < 4.78 is 0. The van der Waals surface area contributed by atoms with Crippen molar-refractivity contribution >= 4 is 36.6 Å². The van der Waals surface area contributed by atoms with Gasteiger partial charge in [0.15, 0.2) is 6.29 Å². The second-order valence-corrected chi connectivity index (χ2v) is 3.26. The summed E-state index contributed by atoms with van der Waals surface area (Å²) in [5.74, 6) is 10.6. The molecule has 0 saturated heterocycles. The Kier molecular flexibility index (Phi) is 4.88. The molecule has 1 aromatic rings. The van der Waals surface area contributed by atoms with Gasteiger partial charge in [0.1, 0.15) is 6.34 Å². The van der Waals surface area contributed by atoms with Crippen LogP contribution in [0.15, 0.2) is 28.4 Å². The van der Waals surface area contributed by atoms with Crippen LogP contribution < -0.4 is 10.9 Å². The molecule has 1 rings (SSSR count). The van der Waals surface area contributed by atoms with Crippen LogP contribution in [0, 0.1) is 11.8 Å². The molecule has 0 spiro atoms. The van der Waals surface area contributed by atoms with E-state index in [4.69, 9.17) is 17.4 Å². The first-order valence-corrected chi connectivity index (χ1v) is 4.84. The van der Waals surface area contributed by atoms with Crippen molar-refractivity contribution in [3.8, 4) is 11.8 Å². The average molecular weight is 249 g/mol. The van der Waals surface area contributed by atoms with E-state index in [0.29, 0.717) is 22.6 Å². The maximum atomic E-state index is 10.2. The number of aldehydes is 1. The van der Waals surface area contributed by atoms with Gasteiger partial charge in [-0.3, -0.25) is 9.80 Å². The molecule has 0 atom stereocenters. The minimum Gasteiger partial charge on any atom is -0.289 e. The lowest BCUT2D eigenvalue weighted by Crippen LogP contribution is -2.29. The van der Waals surface area contributed by atoms with Crippen LogP contribution in [0.25, 0.3) is 0 Å². The zero-order valence-corrected chi connectivity index (χ0v) is 9.55. The Bertz CT molecular complexity index is 516. The van der Waals surface area contributed by atoms with Gasteiger partial charge in [0.05, 0.1) is 11.3 Å². The van der Waals surface area contributed by atoms with Crippen LogP contribution in [-0.4, -0.2) is 19.3 Å². The van der Waals surface area contributed by atoms with E-state index in [0.717, 1.165) is 0 Å². The van der Waals surface area contributed by atoms with E-state index in [9.17, 15) is 4.79 Å². The third-order valence-corrected chi connectivity index (χ3v) is 2.00. The first-order chi connectivity index (χ1) is 8.19. The van der Waals surface area contributed by atoms with Gasteiger partial charge in [0.2, 0.25) is 0 Å². The fourth-order valence-electron chi connectivity index (χ4n) is 1.10. The van der Waals surface area contributed by atoms with E-state index in [2.05, 4.69) is 28.8 Å². The molecule has 0 saturated carbocycles. The molecule has 0 amide bonds. The first kappa shape index (κ1) is 12.9. The highest BCUT2D eigenvalue weighted by Gasteiger charge is 2.05. The van der Waals surface area contributed by atoms with E-state index in [1.165, 1.54) is 11.3 Å². The van der Waals surface area contributed by atoms with Crippen LogP contribution in [0.5, 0.6) is 0 Å². The van der Waals surface area contributed by atoms with E-state index in [1.807, 2.05) is 0 Å². The zero-order chi connectivity index (χ0) is 12.7. The van der Waals surface area contributed by atoms with Crippen LogP contribution in [0.2, 0.25) is 5.02 Å². The highest BCUT2D eigenvalue weighted by atomic mass is 35.5. The van der Waals surface area contributed by atoms with Crippen molar-refractivity contribution in [3.63, 3.8) is 0 Å². The second-order valence-electron chi connectivity index (χ2n) is 2.83. The Morgan fingerprint density at radius 3 is 2.94 bits per heavy atom. The molecule has 0 aliphatic rings. The Hall–Kier alpha value is -2.16. The van der Waals surface area contributed by atoms with Crippen molar-refractivity contribution in [2.75, 3.05) is 5.01 Å². The van der Waals surface area contributed by atoms with Crippen molar-refractivity contribution in [2.45, 2.75) is 0 Å². The molecular weight excluding hydrogens is 240 g/mol. The predicted molar refractivity (Wildman–Crippen MR) is 69.1 cm³/mol. The predicted octanol–water partition coefficient (Wildman–Crippen LogP) is 1.21. The molecule has 0 heterocycles. The SMILES string of the molecule is C=N/N=C\N(N)c1ccc(Cl)cc1C#CC=O. The van der Waals surface area contributed by atoms with Crippen molar-refractivity contribution < 1.29 is 4.79 Å². The number of hydrogen-bond donors (Lipinski definition) is 1. The number of carbonyl (C=O) groups is 1. The average Bonchev–Trinajstić information content (AvgIpc) is 2.33. The first-order valence-electron chi connectivity index (χ1n) is 4.47. The summed E-state index contributed by atoms with van der Waals surface area (Å²) in [6.45, 7) is 3.19. The summed E-state index contributed by atoms with van der Waals surface area (Å²) in [5, 5.41) is 8.53. The van der Waals surface area contributed by atoms with Crippen molar-refractivity contribution in [1.29, 1.82) is 0 Å². The molecule has 0 aliphatic heterocycles. The monoisotopic (exact) mass is 248 g/mol. The summed E-state index contributed by atoms with van der Waals surface area (Å²) in [7, 11) is 0. The van der Waals surface area contributed by atoms with E-state index in [1.54, 1.807) is 18.2 Å². The topological polar surface area (TPSA) is 71.1 Å². The van der Waals surface area contributed by atoms with E-state index in [-0.39, 0.29) is 0 Å². The fourth-order valence-corrected chi connectivity index (χ4v) is 1.27. The number of benzene rings is 1. The third-order valence-electron chi connectivity index (χ3n) is 1.76. The van der Waals surface area contributed by atoms with E-state index >= 15 is 0 Å². The normalized spacial score (nSPS) is 9.53. The maximum Gasteiger partial charge on any atom is 0.193 e. The van der Waals surface area contributed by atoms with Crippen LogP contribution >= 0.6 is 11.6 Å². The lowest BCUT2D eigenvalue weighted by molar-refractivity contribution is -0.103. The van der Waals surface area contributed by atoms with Crippen molar-refractivity contribution in [3.05, 3.63) is 28.8 Å². The van der Waals surface area contributed by atoms with Crippen LogP contribution in [-0.2, 0) is 4.79 Å². The van der Waals surface area contributed by atoms with Crippen molar-refractivity contribution in [1.82, 2.24) is 0 Å². The minimum atomic E-state index is 0.491. The smallest absolute Gasteiger partial charge is 0.193 e.